The number of carbonyl (C=O) groups excluding carboxylic acids is 2. The van der Waals surface area contributed by atoms with Crippen molar-refractivity contribution in [3.05, 3.63) is 23.8 Å². The van der Waals surface area contributed by atoms with E-state index in [-0.39, 0.29) is 35.8 Å². The van der Waals surface area contributed by atoms with Crippen LogP contribution in [0.4, 0.5) is 0 Å². The number of rotatable bonds is 7. The molecule has 2 aliphatic heterocycles. The molecule has 3 rings (SSSR count). The molecule has 1 saturated heterocycles. The lowest BCUT2D eigenvalue weighted by molar-refractivity contribution is -0.185. The molecule has 1 saturated carbocycles. The van der Waals surface area contributed by atoms with Crippen LogP contribution in [0.5, 0.6) is 0 Å². The van der Waals surface area contributed by atoms with Crippen molar-refractivity contribution in [3.63, 3.8) is 0 Å². The van der Waals surface area contributed by atoms with Crippen LogP contribution >= 0.6 is 0 Å². The molecule has 0 aromatic rings. The molecule has 4 heteroatoms. The van der Waals surface area contributed by atoms with Crippen molar-refractivity contribution in [2.24, 2.45) is 11.8 Å². The molecule has 1 aliphatic carbocycles. The van der Waals surface area contributed by atoms with E-state index < -0.39 is 6.10 Å². The quantitative estimate of drug-likeness (QED) is 0.395. The van der Waals surface area contributed by atoms with Gasteiger partial charge in [-0.05, 0) is 25.3 Å². The van der Waals surface area contributed by atoms with Crippen LogP contribution < -0.4 is 0 Å². The molecule has 2 fully saturated rings. The van der Waals surface area contributed by atoms with Gasteiger partial charge in [0.1, 0.15) is 11.9 Å². The van der Waals surface area contributed by atoms with Crippen LogP contribution in [0, 0.1) is 11.8 Å². The van der Waals surface area contributed by atoms with Gasteiger partial charge in [0.25, 0.3) is 0 Å². The summed E-state index contributed by atoms with van der Waals surface area (Å²) in [5.74, 6) is -0.0349. The third kappa shape index (κ3) is 4.22. The highest BCUT2D eigenvalue weighted by Gasteiger charge is 2.51. The van der Waals surface area contributed by atoms with E-state index in [2.05, 4.69) is 32.1 Å². The summed E-state index contributed by atoms with van der Waals surface area (Å²) in [6.07, 6.45) is 13.7. The monoisotopic (exact) mass is 346 g/mol. The van der Waals surface area contributed by atoms with Gasteiger partial charge in [0.2, 0.25) is 0 Å². The highest BCUT2D eigenvalue weighted by molar-refractivity contribution is 5.85. The Morgan fingerprint density at radius 2 is 1.96 bits per heavy atom. The van der Waals surface area contributed by atoms with E-state index in [4.69, 9.17) is 9.47 Å². The summed E-state index contributed by atoms with van der Waals surface area (Å²) in [7, 11) is 0. The minimum Gasteiger partial charge on any atom is -0.460 e. The molecule has 138 valence electrons. The van der Waals surface area contributed by atoms with Crippen molar-refractivity contribution in [1.29, 1.82) is 0 Å². The van der Waals surface area contributed by atoms with Crippen molar-refractivity contribution in [1.82, 2.24) is 0 Å². The fourth-order valence-corrected chi connectivity index (χ4v) is 4.27. The first-order valence-electron chi connectivity index (χ1n) is 9.82. The average molecular weight is 346 g/mol. The predicted octanol–water partition coefficient (Wildman–Crippen LogP) is 4.14. The Morgan fingerprint density at radius 3 is 2.76 bits per heavy atom. The molecule has 0 unspecified atom stereocenters. The van der Waals surface area contributed by atoms with E-state index >= 15 is 0 Å². The molecular weight excluding hydrogens is 316 g/mol. The highest BCUT2D eigenvalue weighted by Crippen LogP contribution is 2.43. The standard InChI is InChI=1S/C21H30O4/c1-3-4-5-6-7-8-9-10-18-14(2)11-17-16-12-15(22)13-19(16)25-21(23)20(17)24-18/h9-11,16-20H,3-8,12-13H2,1-2H3/b10-9+/t16-,17-,18-,19+,20-/m1/s1. The summed E-state index contributed by atoms with van der Waals surface area (Å²) in [6.45, 7) is 4.28. The second-order valence-electron chi connectivity index (χ2n) is 7.68. The molecular formula is C21H30O4. The SMILES string of the molecule is CCCCCCC/C=C/[C@H]1O[C@H]2C(=O)O[C@H]3CC(=O)C[C@@H]3[C@H]2C=C1C. The van der Waals surface area contributed by atoms with Crippen LogP contribution in [0.15, 0.2) is 23.8 Å². The molecule has 3 aliphatic rings. The molecule has 0 amide bonds. The van der Waals surface area contributed by atoms with Gasteiger partial charge in [0.05, 0.1) is 6.10 Å². The Labute approximate surface area is 150 Å². The Balaban J connectivity index is 1.58. The molecule has 5 atom stereocenters. The van der Waals surface area contributed by atoms with Crippen molar-refractivity contribution < 1.29 is 19.1 Å². The zero-order valence-corrected chi connectivity index (χ0v) is 15.4. The molecule has 2 heterocycles. The number of carbonyl (C=O) groups is 2. The molecule has 0 aromatic heterocycles. The van der Waals surface area contributed by atoms with Crippen LogP contribution in [0.1, 0.15) is 65.2 Å². The minimum atomic E-state index is -0.560. The van der Waals surface area contributed by atoms with Gasteiger partial charge < -0.3 is 9.47 Å². The summed E-state index contributed by atoms with van der Waals surface area (Å²) in [6, 6.07) is 0. The third-order valence-corrected chi connectivity index (χ3v) is 5.70. The zero-order valence-electron chi connectivity index (χ0n) is 15.4. The molecule has 25 heavy (non-hydrogen) atoms. The van der Waals surface area contributed by atoms with Gasteiger partial charge in [-0.15, -0.1) is 0 Å². The Hall–Kier alpha value is -1.42. The topological polar surface area (TPSA) is 52.6 Å². The summed E-state index contributed by atoms with van der Waals surface area (Å²) in [5.41, 5.74) is 1.14. The number of unbranched alkanes of at least 4 members (excludes halogenated alkanes) is 5. The van der Waals surface area contributed by atoms with Gasteiger partial charge in [-0.2, -0.15) is 0 Å². The normalized spacial score (nSPS) is 34.6. The average Bonchev–Trinajstić information content (AvgIpc) is 2.95. The summed E-state index contributed by atoms with van der Waals surface area (Å²) in [5, 5.41) is 0. The number of allylic oxidation sites excluding steroid dienone is 1. The van der Waals surface area contributed by atoms with Crippen molar-refractivity contribution in [2.45, 2.75) is 83.5 Å². The number of hydrogen-bond acceptors (Lipinski definition) is 4. The summed E-state index contributed by atoms with van der Waals surface area (Å²) >= 11 is 0. The minimum absolute atomic E-state index is 0.0172. The van der Waals surface area contributed by atoms with Gasteiger partial charge in [-0.1, -0.05) is 50.8 Å². The second-order valence-corrected chi connectivity index (χ2v) is 7.68. The molecule has 0 radical (unpaired) electrons. The molecule has 0 spiro atoms. The fourth-order valence-electron chi connectivity index (χ4n) is 4.27. The van der Waals surface area contributed by atoms with Crippen molar-refractivity contribution in [2.75, 3.05) is 0 Å². The van der Waals surface area contributed by atoms with Gasteiger partial charge in [0.15, 0.2) is 6.10 Å². The van der Waals surface area contributed by atoms with Crippen LogP contribution in [-0.4, -0.2) is 30.1 Å². The van der Waals surface area contributed by atoms with E-state index in [1.54, 1.807) is 0 Å². The Morgan fingerprint density at radius 1 is 1.16 bits per heavy atom. The summed E-state index contributed by atoms with van der Waals surface area (Å²) < 4.78 is 11.5. The van der Waals surface area contributed by atoms with Crippen molar-refractivity contribution in [3.8, 4) is 0 Å². The smallest absolute Gasteiger partial charge is 0.336 e. The van der Waals surface area contributed by atoms with E-state index in [0.717, 1.165) is 12.0 Å². The Kier molecular flexibility index (Phi) is 6.10. The van der Waals surface area contributed by atoms with Crippen LogP contribution in [0.3, 0.4) is 0 Å². The van der Waals surface area contributed by atoms with Gasteiger partial charge in [0, 0.05) is 24.7 Å². The predicted molar refractivity (Wildman–Crippen MR) is 96.0 cm³/mol. The fraction of sp³-hybridized carbons (Fsp3) is 0.714. The number of hydrogen-bond donors (Lipinski definition) is 0. The maximum Gasteiger partial charge on any atom is 0.336 e. The first kappa shape index (κ1) is 18.4. The van der Waals surface area contributed by atoms with Crippen LogP contribution in [0.2, 0.25) is 0 Å². The zero-order chi connectivity index (χ0) is 17.8. The first-order chi connectivity index (χ1) is 12.1. The second kappa shape index (κ2) is 8.31. The van der Waals surface area contributed by atoms with Gasteiger partial charge in [-0.3, -0.25) is 4.79 Å². The lowest BCUT2D eigenvalue weighted by Crippen LogP contribution is -2.50. The van der Waals surface area contributed by atoms with E-state index in [9.17, 15) is 9.59 Å². The summed E-state index contributed by atoms with van der Waals surface area (Å²) in [4.78, 5) is 24.0. The number of fused-ring (bicyclic) bond motifs is 3. The lowest BCUT2D eigenvalue weighted by Gasteiger charge is -2.41. The molecule has 0 aromatic carbocycles. The van der Waals surface area contributed by atoms with E-state index in [0.29, 0.717) is 12.8 Å². The number of Topliss-reactive ketones (excluding diaryl/α,β-unsaturated/α-hetero) is 1. The number of ketones is 1. The van der Waals surface area contributed by atoms with Gasteiger partial charge in [-0.25, -0.2) is 4.79 Å². The van der Waals surface area contributed by atoms with Crippen LogP contribution in [-0.2, 0) is 19.1 Å². The van der Waals surface area contributed by atoms with Crippen molar-refractivity contribution >= 4 is 11.8 Å². The maximum atomic E-state index is 12.3. The Bertz CT molecular complexity index is 562. The lowest BCUT2D eigenvalue weighted by atomic mass is 9.79. The molecule has 4 nitrogen and oxygen atoms in total. The maximum absolute atomic E-state index is 12.3. The highest BCUT2D eigenvalue weighted by atomic mass is 16.6. The first-order valence-corrected chi connectivity index (χ1v) is 9.82. The molecule has 0 N–H and O–H groups in total. The largest absolute Gasteiger partial charge is 0.460 e. The molecule has 0 bridgehead atoms. The van der Waals surface area contributed by atoms with E-state index in [1.165, 1.54) is 32.1 Å². The van der Waals surface area contributed by atoms with E-state index in [1.807, 2.05) is 0 Å². The number of ether oxygens (including phenoxy) is 2. The number of esters is 1. The van der Waals surface area contributed by atoms with Crippen LogP contribution in [0.25, 0.3) is 0 Å². The third-order valence-electron chi connectivity index (χ3n) is 5.70. The van der Waals surface area contributed by atoms with Gasteiger partial charge >= 0.3 is 5.97 Å².